The van der Waals surface area contributed by atoms with Gasteiger partial charge in [0.25, 0.3) is 0 Å². The Hall–Kier alpha value is -0.110. The molecular formula is C14H18Cl3N. The van der Waals surface area contributed by atoms with Crippen LogP contribution >= 0.6 is 34.8 Å². The van der Waals surface area contributed by atoms with Crippen LogP contribution in [0.5, 0.6) is 0 Å². The average Bonchev–Trinajstić information content (AvgIpc) is 2.28. The molecule has 1 N–H and O–H groups in total. The van der Waals surface area contributed by atoms with Crippen molar-refractivity contribution in [2.75, 3.05) is 5.32 Å². The summed E-state index contributed by atoms with van der Waals surface area (Å²) >= 11 is 18.2. The molecule has 1 aliphatic carbocycles. The van der Waals surface area contributed by atoms with Crippen molar-refractivity contribution < 1.29 is 0 Å². The first-order chi connectivity index (χ1) is 8.40. The highest BCUT2D eigenvalue weighted by molar-refractivity contribution is 6.44. The van der Waals surface area contributed by atoms with Crippen molar-refractivity contribution in [2.45, 2.75) is 45.6 Å². The average molecular weight is 307 g/mol. The van der Waals surface area contributed by atoms with Crippen molar-refractivity contribution in [1.29, 1.82) is 0 Å². The molecule has 0 saturated heterocycles. The van der Waals surface area contributed by atoms with Crippen molar-refractivity contribution >= 4 is 40.5 Å². The van der Waals surface area contributed by atoms with E-state index >= 15 is 0 Å². The minimum atomic E-state index is 0.285. The maximum absolute atomic E-state index is 6.21. The second kappa shape index (κ2) is 5.48. The third-order valence-corrected chi connectivity index (χ3v) is 4.88. The lowest BCUT2D eigenvalue weighted by atomic mass is 9.73. The molecule has 4 heteroatoms. The molecule has 0 radical (unpaired) electrons. The van der Waals surface area contributed by atoms with Gasteiger partial charge in [0.1, 0.15) is 0 Å². The van der Waals surface area contributed by atoms with Crippen molar-refractivity contribution in [3.05, 3.63) is 27.2 Å². The Morgan fingerprint density at radius 3 is 2.39 bits per heavy atom. The van der Waals surface area contributed by atoms with Crippen LogP contribution in [0.2, 0.25) is 15.1 Å². The number of rotatable bonds is 2. The maximum atomic E-state index is 6.21. The van der Waals surface area contributed by atoms with E-state index in [1.54, 1.807) is 6.07 Å². The normalized spacial score (nSPS) is 22.8. The van der Waals surface area contributed by atoms with Crippen LogP contribution < -0.4 is 5.32 Å². The molecule has 1 aromatic rings. The highest BCUT2D eigenvalue weighted by Gasteiger charge is 2.32. The zero-order chi connectivity index (χ0) is 13.3. The quantitative estimate of drug-likeness (QED) is 0.658. The van der Waals surface area contributed by atoms with Crippen LogP contribution in [0.15, 0.2) is 12.1 Å². The molecule has 1 atom stereocenters. The van der Waals surface area contributed by atoms with Gasteiger partial charge in [0.2, 0.25) is 0 Å². The van der Waals surface area contributed by atoms with Crippen LogP contribution in [0, 0.1) is 5.41 Å². The number of benzene rings is 1. The molecule has 1 aromatic carbocycles. The number of hydrogen-bond acceptors (Lipinski definition) is 1. The Balaban J connectivity index is 2.20. The van der Waals surface area contributed by atoms with Gasteiger partial charge >= 0.3 is 0 Å². The summed E-state index contributed by atoms with van der Waals surface area (Å²) in [5, 5.41) is 5.20. The molecule has 0 bridgehead atoms. The molecule has 18 heavy (non-hydrogen) atoms. The largest absolute Gasteiger partial charge is 0.381 e. The third kappa shape index (κ3) is 3.07. The monoisotopic (exact) mass is 305 g/mol. The lowest BCUT2D eigenvalue weighted by Crippen LogP contribution is -2.38. The number of halogens is 3. The minimum absolute atomic E-state index is 0.285. The summed E-state index contributed by atoms with van der Waals surface area (Å²) in [6.45, 7) is 4.60. The summed E-state index contributed by atoms with van der Waals surface area (Å²) in [5.74, 6) is 0. The van der Waals surface area contributed by atoms with Crippen LogP contribution in [0.4, 0.5) is 5.69 Å². The van der Waals surface area contributed by atoms with Crippen LogP contribution in [0.1, 0.15) is 39.5 Å². The minimum Gasteiger partial charge on any atom is -0.381 e. The van der Waals surface area contributed by atoms with E-state index in [2.05, 4.69) is 19.2 Å². The van der Waals surface area contributed by atoms with Crippen LogP contribution in [-0.2, 0) is 0 Å². The zero-order valence-corrected chi connectivity index (χ0v) is 13.0. The fraction of sp³-hybridized carbons (Fsp3) is 0.571. The first kappa shape index (κ1) is 14.3. The SMILES string of the molecule is CC1(C)CCCCC1Nc1cc(Cl)c(Cl)cc1Cl. The molecule has 1 unspecified atom stereocenters. The van der Waals surface area contributed by atoms with Gasteiger partial charge < -0.3 is 5.32 Å². The molecule has 100 valence electrons. The number of nitrogens with one attached hydrogen (secondary N) is 1. The van der Waals surface area contributed by atoms with Gasteiger partial charge in [-0.25, -0.2) is 0 Å². The summed E-state index contributed by atoms with van der Waals surface area (Å²) in [4.78, 5) is 0. The maximum Gasteiger partial charge on any atom is 0.0653 e. The standard InChI is InChI=1S/C14H18Cl3N/c1-14(2)6-4-3-5-13(14)18-12-8-10(16)9(15)7-11(12)17/h7-8,13,18H,3-6H2,1-2H3. The predicted molar refractivity (Wildman–Crippen MR) is 81.1 cm³/mol. The number of hydrogen-bond donors (Lipinski definition) is 1. The van der Waals surface area contributed by atoms with Gasteiger partial charge in [-0.1, -0.05) is 61.5 Å². The summed E-state index contributed by atoms with van der Waals surface area (Å²) in [6, 6.07) is 3.95. The summed E-state index contributed by atoms with van der Waals surface area (Å²) < 4.78 is 0. The summed E-state index contributed by atoms with van der Waals surface area (Å²) in [5.41, 5.74) is 1.17. The van der Waals surface area contributed by atoms with Gasteiger partial charge in [-0.15, -0.1) is 0 Å². The summed E-state index contributed by atoms with van der Waals surface area (Å²) in [6.07, 6.45) is 4.98. The van der Waals surface area contributed by atoms with E-state index in [4.69, 9.17) is 34.8 Å². The van der Waals surface area contributed by atoms with Crippen LogP contribution in [0.3, 0.4) is 0 Å². The fourth-order valence-corrected chi connectivity index (χ4v) is 3.18. The molecule has 0 aromatic heterocycles. The molecule has 1 aliphatic rings. The Kier molecular flexibility index (Phi) is 4.36. The molecule has 1 nitrogen and oxygen atoms in total. The Bertz CT molecular complexity index is 443. The van der Waals surface area contributed by atoms with Crippen molar-refractivity contribution in [1.82, 2.24) is 0 Å². The second-order valence-corrected chi connectivity index (χ2v) is 6.90. The molecule has 0 heterocycles. The Morgan fingerprint density at radius 1 is 1.06 bits per heavy atom. The van der Waals surface area contributed by atoms with E-state index in [-0.39, 0.29) is 5.41 Å². The first-order valence-electron chi connectivity index (χ1n) is 6.31. The number of anilines is 1. The lowest BCUT2D eigenvalue weighted by Gasteiger charge is -2.39. The van der Waals surface area contributed by atoms with Gasteiger partial charge in [0.05, 0.1) is 20.8 Å². The van der Waals surface area contributed by atoms with Crippen molar-refractivity contribution in [2.24, 2.45) is 5.41 Å². The fourth-order valence-electron chi connectivity index (χ4n) is 2.58. The Labute approximate surface area is 124 Å². The highest BCUT2D eigenvalue weighted by Crippen LogP contribution is 2.39. The molecule has 1 fully saturated rings. The van der Waals surface area contributed by atoms with Gasteiger partial charge in [0, 0.05) is 6.04 Å². The third-order valence-electron chi connectivity index (χ3n) is 3.85. The highest BCUT2D eigenvalue weighted by atomic mass is 35.5. The van der Waals surface area contributed by atoms with E-state index < -0.39 is 0 Å². The molecule has 1 saturated carbocycles. The van der Waals surface area contributed by atoms with Gasteiger partial charge in [-0.3, -0.25) is 0 Å². The lowest BCUT2D eigenvalue weighted by molar-refractivity contribution is 0.217. The van der Waals surface area contributed by atoms with Crippen LogP contribution in [-0.4, -0.2) is 6.04 Å². The first-order valence-corrected chi connectivity index (χ1v) is 7.44. The smallest absolute Gasteiger partial charge is 0.0653 e. The molecule has 0 spiro atoms. The van der Waals surface area contributed by atoms with E-state index in [1.807, 2.05) is 6.07 Å². The van der Waals surface area contributed by atoms with Crippen molar-refractivity contribution in [3.8, 4) is 0 Å². The van der Waals surface area contributed by atoms with Gasteiger partial charge in [-0.2, -0.15) is 0 Å². The van der Waals surface area contributed by atoms with E-state index in [9.17, 15) is 0 Å². The molecule has 2 rings (SSSR count). The topological polar surface area (TPSA) is 12.0 Å². The van der Waals surface area contributed by atoms with E-state index in [1.165, 1.54) is 25.7 Å². The predicted octanol–water partition coefficient (Wildman–Crippen LogP) is 6.03. The van der Waals surface area contributed by atoms with Crippen LogP contribution in [0.25, 0.3) is 0 Å². The second-order valence-electron chi connectivity index (χ2n) is 5.68. The molecule has 0 amide bonds. The van der Waals surface area contributed by atoms with E-state index in [0.29, 0.717) is 21.1 Å². The van der Waals surface area contributed by atoms with E-state index in [0.717, 1.165) is 5.69 Å². The van der Waals surface area contributed by atoms with Crippen molar-refractivity contribution in [3.63, 3.8) is 0 Å². The van der Waals surface area contributed by atoms with Gasteiger partial charge in [-0.05, 0) is 30.4 Å². The molecule has 0 aliphatic heterocycles. The molecular weight excluding hydrogens is 289 g/mol. The zero-order valence-electron chi connectivity index (χ0n) is 10.7. The summed E-state index contributed by atoms with van der Waals surface area (Å²) in [7, 11) is 0. The van der Waals surface area contributed by atoms with Gasteiger partial charge in [0.15, 0.2) is 0 Å². The Morgan fingerprint density at radius 2 is 1.72 bits per heavy atom.